The molecule has 0 bridgehead atoms. The number of sulfonamides is 1. The first-order chi connectivity index (χ1) is 13.0. The van der Waals surface area contributed by atoms with Gasteiger partial charge in [0.15, 0.2) is 0 Å². The Hall–Kier alpha value is -2.22. The average molecular weight is 388 g/mol. The van der Waals surface area contributed by atoms with Crippen LogP contribution in [-0.2, 0) is 14.8 Å². The summed E-state index contributed by atoms with van der Waals surface area (Å²) in [7, 11) is -2.09. The zero-order valence-electron chi connectivity index (χ0n) is 15.2. The molecular formula is C20H24N2O4S. The summed E-state index contributed by atoms with van der Waals surface area (Å²) in [6.45, 7) is 0.534. The number of anilines is 1. The molecular weight excluding hydrogens is 364 g/mol. The van der Waals surface area contributed by atoms with Gasteiger partial charge in [-0.2, -0.15) is 0 Å². The van der Waals surface area contributed by atoms with Gasteiger partial charge in [-0.1, -0.05) is 30.7 Å². The lowest BCUT2D eigenvalue weighted by atomic mass is 10.1. The second-order valence-electron chi connectivity index (χ2n) is 6.72. The van der Waals surface area contributed by atoms with E-state index < -0.39 is 10.0 Å². The molecule has 2 atom stereocenters. The number of para-hydroxylation sites is 1. The lowest BCUT2D eigenvalue weighted by molar-refractivity contribution is 0.102. The van der Waals surface area contributed by atoms with Crippen molar-refractivity contribution in [1.29, 1.82) is 0 Å². The van der Waals surface area contributed by atoms with Crippen LogP contribution in [0.4, 0.5) is 5.69 Å². The highest BCUT2D eigenvalue weighted by molar-refractivity contribution is 7.89. The Kier molecular flexibility index (Phi) is 6.26. The van der Waals surface area contributed by atoms with Crippen LogP contribution in [0.5, 0.6) is 0 Å². The normalized spacial score (nSPS) is 19.7. The number of ether oxygens (including phenoxy) is 1. The first kappa shape index (κ1) is 19.5. The van der Waals surface area contributed by atoms with Gasteiger partial charge < -0.3 is 10.1 Å². The van der Waals surface area contributed by atoms with Crippen molar-refractivity contribution < 1.29 is 17.9 Å². The summed E-state index contributed by atoms with van der Waals surface area (Å²) in [5.74, 6) is -0.175. The largest absolute Gasteiger partial charge is 0.384 e. The molecule has 1 aliphatic rings. The monoisotopic (exact) mass is 388 g/mol. The zero-order chi connectivity index (χ0) is 19.3. The Balaban J connectivity index is 1.74. The molecule has 1 fully saturated rings. The number of amides is 1. The molecule has 0 unspecified atom stereocenters. The Bertz CT molecular complexity index is 884. The van der Waals surface area contributed by atoms with E-state index in [-0.39, 0.29) is 22.8 Å². The highest BCUT2D eigenvalue weighted by Crippen LogP contribution is 2.27. The van der Waals surface area contributed by atoms with Crippen LogP contribution in [-0.4, -0.2) is 34.1 Å². The number of hydrogen-bond donors (Lipinski definition) is 2. The SMILES string of the molecule is COC[C@H]1CCC[C@H]1NS(=O)(=O)c1cccc(C(=O)Nc2ccccc2)c1. The summed E-state index contributed by atoms with van der Waals surface area (Å²) in [4.78, 5) is 12.5. The third kappa shape index (κ3) is 4.94. The van der Waals surface area contributed by atoms with Crippen molar-refractivity contribution in [2.24, 2.45) is 5.92 Å². The van der Waals surface area contributed by atoms with E-state index >= 15 is 0 Å². The summed E-state index contributed by atoms with van der Waals surface area (Å²) < 4.78 is 33.6. The van der Waals surface area contributed by atoms with Gasteiger partial charge in [-0.3, -0.25) is 4.79 Å². The molecule has 0 saturated heterocycles. The molecule has 0 heterocycles. The van der Waals surface area contributed by atoms with E-state index in [1.54, 1.807) is 31.4 Å². The molecule has 27 heavy (non-hydrogen) atoms. The summed E-state index contributed by atoms with van der Waals surface area (Å²) in [5, 5.41) is 2.76. The van der Waals surface area contributed by atoms with Crippen LogP contribution in [0.2, 0.25) is 0 Å². The van der Waals surface area contributed by atoms with Crippen molar-refractivity contribution in [2.45, 2.75) is 30.2 Å². The lowest BCUT2D eigenvalue weighted by Gasteiger charge is -2.20. The smallest absolute Gasteiger partial charge is 0.255 e. The predicted molar refractivity (Wildman–Crippen MR) is 104 cm³/mol. The molecule has 0 radical (unpaired) electrons. The van der Waals surface area contributed by atoms with Gasteiger partial charge >= 0.3 is 0 Å². The molecule has 2 N–H and O–H groups in total. The van der Waals surface area contributed by atoms with E-state index in [0.29, 0.717) is 17.9 Å². The number of rotatable bonds is 7. The molecule has 1 saturated carbocycles. The van der Waals surface area contributed by atoms with Gasteiger partial charge in [-0.15, -0.1) is 0 Å². The van der Waals surface area contributed by atoms with Crippen LogP contribution in [0.15, 0.2) is 59.5 Å². The molecule has 6 nitrogen and oxygen atoms in total. The van der Waals surface area contributed by atoms with Crippen molar-refractivity contribution in [3.63, 3.8) is 0 Å². The molecule has 144 valence electrons. The molecule has 0 spiro atoms. The Morgan fingerprint density at radius 1 is 1.11 bits per heavy atom. The number of nitrogens with one attached hydrogen (secondary N) is 2. The average Bonchev–Trinajstić information content (AvgIpc) is 3.09. The van der Waals surface area contributed by atoms with Crippen molar-refractivity contribution in [2.75, 3.05) is 19.0 Å². The topological polar surface area (TPSA) is 84.5 Å². The van der Waals surface area contributed by atoms with Gasteiger partial charge in [-0.25, -0.2) is 13.1 Å². The van der Waals surface area contributed by atoms with Gasteiger partial charge in [-0.05, 0) is 49.1 Å². The van der Waals surface area contributed by atoms with Crippen LogP contribution >= 0.6 is 0 Å². The van der Waals surface area contributed by atoms with Crippen molar-refractivity contribution in [1.82, 2.24) is 4.72 Å². The minimum atomic E-state index is -3.71. The van der Waals surface area contributed by atoms with Crippen molar-refractivity contribution in [3.05, 3.63) is 60.2 Å². The lowest BCUT2D eigenvalue weighted by Crippen LogP contribution is -2.38. The fraction of sp³-hybridized carbons (Fsp3) is 0.350. The maximum Gasteiger partial charge on any atom is 0.255 e. The number of carbonyl (C=O) groups excluding carboxylic acids is 1. The molecule has 0 aliphatic heterocycles. The number of hydrogen-bond acceptors (Lipinski definition) is 4. The fourth-order valence-electron chi connectivity index (χ4n) is 3.40. The standard InChI is InChI=1S/C20H24N2O4S/c1-26-14-16-8-6-12-19(16)22-27(24,25)18-11-5-7-15(13-18)20(23)21-17-9-3-2-4-10-17/h2-5,7,9-11,13,16,19,22H,6,8,12,14H2,1H3,(H,21,23)/t16-,19-/m1/s1. The van der Waals surface area contributed by atoms with Crippen LogP contribution in [0.1, 0.15) is 29.6 Å². The van der Waals surface area contributed by atoms with Crippen LogP contribution in [0.25, 0.3) is 0 Å². The van der Waals surface area contributed by atoms with Crippen molar-refractivity contribution >= 4 is 21.6 Å². The quantitative estimate of drug-likeness (QED) is 0.764. The molecule has 3 rings (SSSR count). The van der Waals surface area contributed by atoms with E-state index in [4.69, 9.17) is 4.74 Å². The first-order valence-corrected chi connectivity index (χ1v) is 10.5. The van der Waals surface area contributed by atoms with Crippen LogP contribution in [0, 0.1) is 5.92 Å². The molecule has 0 aromatic heterocycles. The predicted octanol–water partition coefficient (Wildman–Crippen LogP) is 3.03. The zero-order valence-corrected chi connectivity index (χ0v) is 16.0. The van der Waals surface area contributed by atoms with Gasteiger partial charge in [0.05, 0.1) is 11.5 Å². The number of methoxy groups -OCH3 is 1. The minimum absolute atomic E-state index is 0.0891. The number of carbonyl (C=O) groups is 1. The van der Waals surface area contributed by atoms with E-state index in [9.17, 15) is 13.2 Å². The highest BCUT2D eigenvalue weighted by atomic mass is 32.2. The fourth-order valence-corrected chi connectivity index (χ4v) is 4.79. The Labute approximate surface area is 160 Å². The molecule has 2 aromatic rings. The minimum Gasteiger partial charge on any atom is -0.384 e. The maximum atomic E-state index is 12.8. The summed E-state index contributed by atoms with van der Waals surface area (Å²) in [6, 6.07) is 15.0. The van der Waals surface area contributed by atoms with Gasteiger partial charge in [0.25, 0.3) is 5.91 Å². The van der Waals surface area contributed by atoms with Gasteiger partial charge in [0.1, 0.15) is 0 Å². The first-order valence-electron chi connectivity index (χ1n) is 8.97. The van der Waals surface area contributed by atoms with Gasteiger partial charge in [0, 0.05) is 24.4 Å². The number of benzene rings is 2. The second kappa shape index (κ2) is 8.65. The molecule has 1 amide bonds. The van der Waals surface area contributed by atoms with Crippen molar-refractivity contribution in [3.8, 4) is 0 Å². The third-order valence-corrected chi connectivity index (χ3v) is 6.27. The second-order valence-corrected chi connectivity index (χ2v) is 8.44. The van der Waals surface area contributed by atoms with Crippen LogP contribution in [0.3, 0.4) is 0 Å². The summed E-state index contributed by atoms with van der Waals surface area (Å²) >= 11 is 0. The molecule has 7 heteroatoms. The Morgan fingerprint density at radius 2 is 1.89 bits per heavy atom. The molecule has 2 aromatic carbocycles. The third-order valence-electron chi connectivity index (χ3n) is 4.78. The highest BCUT2D eigenvalue weighted by Gasteiger charge is 2.31. The summed E-state index contributed by atoms with van der Waals surface area (Å²) in [5.41, 5.74) is 0.948. The maximum absolute atomic E-state index is 12.8. The van der Waals surface area contributed by atoms with Gasteiger partial charge in [0.2, 0.25) is 10.0 Å². The summed E-state index contributed by atoms with van der Waals surface area (Å²) in [6.07, 6.45) is 2.71. The van der Waals surface area contributed by atoms with E-state index in [1.807, 2.05) is 18.2 Å². The van der Waals surface area contributed by atoms with Crippen LogP contribution < -0.4 is 10.0 Å². The Morgan fingerprint density at radius 3 is 2.63 bits per heavy atom. The van der Waals surface area contributed by atoms with E-state index in [0.717, 1.165) is 19.3 Å². The van der Waals surface area contributed by atoms with E-state index in [2.05, 4.69) is 10.0 Å². The molecule has 1 aliphatic carbocycles. The van der Waals surface area contributed by atoms with E-state index in [1.165, 1.54) is 12.1 Å².